The third-order valence-corrected chi connectivity index (χ3v) is 3.46. The highest BCUT2D eigenvalue weighted by Crippen LogP contribution is 2.19. The lowest BCUT2D eigenvalue weighted by Gasteiger charge is -2.12. The van der Waals surface area contributed by atoms with Gasteiger partial charge >= 0.3 is 0 Å². The number of hydrogen-bond donors (Lipinski definition) is 1. The number of pyridine rings is 1. The molecule has 2 N–H and O–H groups in total. The van der Waals surface area contributed by atoms with Crippen molar-refractivity contribution in [2.75, 3.05) is 0 Å². The van der Waals surface area contributed by atoms with Crippen LogP contribution in [-0.4, -0.2) is 4.98 Å². The zero-order valence-electron chi connectivity index (χ0n) is 11.3. The van der Waals surface area contributed by atoms with Gasteiger partial charge in [0.15, 0.2) is 11.6 Å². The molecule has 0 amide bonds. The van der Waals surface area contributed by atoms with E-state index in [1.165, 1.54) is 6.07 Å². The number of nitrogens with two attached hydrogens (primary N) is 1. The molecule has 0 bridgehead atoms. The molecule has 2 nitrogen and oxygen atoms in total. The zero-order chi connectivity index (χ0) is 14.8. The number of rotatable bonds is 3. The summed E-state index contributed by atoms with van der Waals surface area (Å²) in [5.74, 6) is -1.75. The van der Waals surface area contributed by atoms with Crippen molar-refractivity contribution in [3.05, 3.63) is 77.5 Å². The van der Waals surface area contributed by atoms with E-state index in [1.807, 2.05) is 36.4 Å². The van der Waals surface area contributed by atoms with Gasteiger partial charge in [0.2, 0.25) is 0 Å². The molecule has 0 aliphatic carbocycles. The fourth-order valence-corrected chi connectivity index (χ4v) is 2.31. The van der Waals surface area contributed by atoms with Gasteiger partial charge < -0.3 is 5.73 Å². The van der Waals surface area contributed by atoms with Gasteiger partial charge in [0.05, 0.1) is 5.52 Å². The number of aromatic nitrogens is 1. The zero-order valence-corrected chi connectivity index (χ0v) is 11.3. The van der Waals surface area contributed by atoms with Crippen molar-refractivity contribution < 1.29 is 8.78 Å². The van der Waals surface area contributed by atoms with Crippen LogP contribution in [-0.2, 0) is 6.42 Å². The van der Waals surface area contributed by atoms with Crippen LogP contribution in [0.1, 0.15) is 17.3 Å². The van der Waals surface area contributed by atoms with Crippen LogP contribution < -0.4 is 5.73 Å². The van der Waals surface area contributed by atoms with Gasteiger partial charge in [-0.15, -0.1) is 0 Å². The van der Waals surface area contributed by atoms with E-state index in [1.54, 1.807) is 0 Å². The molecule has 0 saturated heterocycles. The van der Waals surface area contributed by atoms with Crippen LogP contribution in [0, 0.1) is 11.6 Å². The Morgan fingerprint density at radius 1 is 0.952 bits per heavy atom. The predicted molar refractivity (Wildman–Crippen MR) is 78.7 cm³/mol. The molecule has 1 heterocycles. The topological polar surface area (TPSA) is 38.9 Å². The number of hydrogen-bond acceptors (Lipinski definition) is 2. The van der Waals surface area contributed by atoms with Crippen LogP contribution in [0.25, 0.3) is 10.9 Å². The van der Waals surface area contributed by atoms with Gasteiger partial charge in [-0.25, -0.2) is 8.78 Å². The number of fused-ring (bicyclic) bond motifs is 1. The molecular formula is C17H14F2N2. The van der Waals surface area contributed by atoms with Crippen LogP contribution >= 0.6 is 0 Å². The van der Waals surface area contributed by atoms with Crippen molar-refractivity contribution in [1.82, 2.24) is 4.98 Å². The minimum absolute atomic E-state index is 0.422. The van der Waals surface area contributed by atoms with Gasteiger partial charge in [-0.3, -0.25) is 4.98 Å². The number of para-hydroxylation sites is 1. The Bertz CT molecular complexity index is 787. The largest absolute Gasteiger partial charge is 0.324 e. The van der Waals surface area contributed by atoms with Crippen molar-refractivity contribution in [2.24, 2.45) is 5.73 Å². The Labute approximate surface area is 121 Å². The lowest BCUT2D eigenvalue weighted by atomic mass is 10.0. The van der Waals surface area contributed by atoms with E-state index in [2.05, 4.69) is 4.98 Å². The van der Waals surface area contributed by atoms with Gasteiger partial charge in [0, 0.05) is 23.5 Å². The molecule has 1 aromatic heterocycles. The van der Waals surface area contributed by atoms with E-state index in [9.17, 15) is 8.78 Å². The van der Waals surface area contributed by atoms with E-state index in [0.29, 0.717) is 12.0 Å². The molecule has 21 heavy (non-hydrogen) atoms. The maximum absolute atomic E-state index is 13.2. The number of nitrogens with zero attached hydrogens (tertiary/aromatic N) is 1. The van der Waals surface area contributed by atoms with Gasteiger partial charge in [-0.2, -0.15) is 0 Å². The van der Waals surface area contributed by atoms with E-state index in [-0.39, 0.29) is 0 Å². The van der Waals surface area contributed by atoms with Crippen molar-refractivity contribution in [2.45, 2.75) is 12.5 Å². The molecular weight excluding hydrogens is 270 g/mol. The van der Waals surface area contributed by atoms with Gasteiger partial charge in [0.1, 0.15) is 0 Å². The fraction of sp³-hybridized carbons (Fsp3) is 0.118. The highest BCUT2D eigenvalue weighted by atomic mass is 19.2. The molecule has 1 unspecified atom stereocenters. The number of halogens is 2. The lowest BCUT2D eigenvalue weighted by Crippen LogP contribution is -2.14. The molecule has 0 aliphatic heterocycles. The molecule has 3 aromatic rings. The van der Waals surface area contributed by atoms with Gasteiger partial charge in [0.25, 0.3) is 0 Å². The van der Waals surface area contributed by atoms with Crippen molar-refractivity contribution in [3.8, 4) is 0 Å². The molecule has 4 heteroatoms. The summed E-state index contributed by atoms with van der Waals surface area (Å²) in [5, 5.41) is 1.06. The first kappa shape index (κ1) is 13.6. The van der Waals surface area contributed by atoms with Crippen LogP contribution in [0.15, 0.2) is 54.6 Å². The highest BCUT2D eigenvalue weighted by Gasteiger charge is 2.11. The quantitative estimate of drug-likeness (QED) is 0.795. The maximum Gasteiger partial charge on any atom is 0.159 e. The summed E-state index contributed by atoms with van der Waals surface area (Å²) in [7, 11) is 0. The van der Waals surface area contributed by atoms with Crippen LogP contribution in [0.2, 0.25) is 0 Å². The summed E-state index contributed by atoms with van der Waals surface area (Å²) >= 11 is 0. The Kier molecular flexibility index (Phi) is 3.62. The Balaban J connectivity index is 1.85. The summed E-state index contributed by atoms with van der Waals surface area (Å²) in [6, 6.07) is 15.0. The first-order chi connectivity index (χ1) is 10.1. The first-order valence-corrected chi connectivity index (χ1v) is 6.69. The average Bonchev–Trinajstić information content (AvgIpc) is 2.50. The second-order valence-electron chi connectivity index (χ2n) is 4.98. The minimum atomic E-state index is -0.880. The third-order valence-electron chi connectivity index (χ3n) is 3.46. The summed E-state index contributed by atoms with van der Waals surface area (Å²) in [4.78, 5) is 4.53. The number of benzene rings is 2. The molecule has 0 aliphatic rings. The monoisotopic (exact) mass is 284 g/mol. The second kappa shape index (κ2) is 5.58. The second-order valence-corrected chi connectivity index (χ2v) is 4.98. The summed E-state index contributed by atoms with van der Waals surface area (Å²) < 4.78 is 26.2. The smallest absolute Gasteiger partial charge is 0.159 e. The lowest BCUT2D eigenvalue weighted by molar-refractivity contribution is 0.505. The van der Waals surface area contributed by atoms with Crippen LogP contribution in [0.5, 0.6) is 0 Å². The Hall–Kier alpha value is -2.33. The summed E-state index contributed by atoms with van der Waals surface area (Å²) in [6.07, 6.45) is 0.468. The van der Waals surface area contributed by atoms with E-state index in [0.717, 1.165) is 28.7 Å². The molecule has 2 aromatic carbocycles. The maximum atomic E-state index is 13.2. The molecule has 3 rings (SSSR count). The average molecular weight is 284 g/mol. The Morgan fingerprint density at radius 2 is 1.76 bits per heavy atom. The minimum Gasteiger partial charge on any atom is -0.324 e. The first-order valence-electron chi connectivity index (χ1n) is 6.69. The third kappa shape index (κ3) is 2.90. The molecule has 1 atom stereocenters. The molecule has 106 valence electrons. The normalized spacial score (nSPS) is 12.5. The molecule has 0 radical (unpaired) electrons. The van der Waals surface area contributed by atoms with E-state index >= 15 is 0 Å². The van der Waals surface area contributed by atoms with E-state index in [4.69, 9.17) is 5.73 Å². The Morgan fingerprint density at radius 3 is 2.57 bits per heavy atom. The summed E-state index contributed by atoms with van der Waals surface area (Å²) in [5.41, 5.74) is 8.34. The van der Waals surface area contributed by atoms with Crippen molar-refractivity contribution >= 4 is 10.9 Å². The van der Waals surface area contributed by atoms with Crippen LogP contribution in [0.4, 0.5) is 8.78 Å². The van der Waals surface area contributed by atoms with Crippen molar-refractivity contribution in [1.29, 1.82) is 0 Å². The van der Waals surface area contributed by atoms with E-state index < -0.39 is 17.7 Å². The van der Waals surface area contributed by atoms with Crippen LogP contribution in [0.3, 0.4) is 0 Å². The van der Waals surface area contributed by atoms with Crippen molar-refractivity contribution in [3.63, 3.8) is 0 Å². The standard InChI is InChI=1S/C17H14F2N2/c18-14-8-6-12(9-15(14)19)16(20)10-13-7-5-11-3-1-2-4-17(11)21-13/h1-9,16H,10,20H2. The predicted octanol–water partition coefficient (Wildman–Crippen LogP) is 3.76. The van der Waals surface area contributed by atoms with Gasteiger partial charge in [-0.05, 0) is 29.8 Å². The molecule has 0 spiro atoms. The fourth-order valence-electron chi connectivity index (χ4n) is 2.31. The SMILES string of the molecule is NC(Cc1ccc2ccccc2n1)c1ccc(F)c(F)c1. The highest BCUT2D eigenvalue weighted by molar-refractivity contribution is 5.78. The molecule has 0 fully saturated rings. The van der Waals surface area contributed by atoms with Gasteiger partial charge in [-0.1, -0.05) is 30.3 Å². The molecule has 0 saturated carbocycles. The summed E-state index contributed by atoms with van der Waals surface area (Å²) in [6.45, 7) is 0.